The number of hydrogen-bond donors (Lipinski definition) is 0. The highest BCUT2D eigenvalue weighted by Crippen LogP contribution is 2.41. The molecule has 0 bridgehead atoms. The zero-order chi connectivity index (χ0) is 11.8. The lowest BCUT2D eigenvalue weighted by molar-refractivity contribution is -0.128. The minimum atomic E-state index is 0.0611. The van der Waals surface area contributed by atoms with Crippen LogP contribution in [0.1, 0.15) is 41.5 Å². The molecular formula is C12H23NOS. The molecule has 0 saturated carbocycles. The largest absolute Gasteiger partial charge is 0.298 e. The second-order valence-electron chi connectivity index (χ2n) is 5.44. The van der Waals surface area contributed by atoms with E-state index in [-0.39, 0.29) is 16.7 Å². The third kappa shape index (κ3) is 2.56. The summed E-state index contributed by atoms with van der Waals surface area (Å²) < 4.78 is 0.0611. The fourth-order valence-electron chi connectivity index (χ4n) is 2.06. The van der Waals surface area contributed by atoms with Crippen LogP contribution in [-0.4, -0.2) is 33.4 Å². The number of carbonyl (C=O) groups excluding carboxylic acids is 1. The van der Waals surface area contributed by atoms with Crippen molar-refractivity contribution < 1.29 is 4.79 Å². The molecule has 1 rings (SSSR count). The smallest absolute Gasteiger partial charge is 0.153 e. The molecule has 2 nitrogen and oxygen atoms in total. The van der Waals surface area contributed by atoms with Crippen molar-refractivity contribution in [1.82, 2.24) is 4.90 Å². The van der Waals surface area contributed by atoms with E-state index in [2.05, 4.69) is 32.6 Å². The van der Waals surface area contributed by atoms with Gasteiger partial charge in [-0.05, 0) is 27.7 Å². The van der Waals surface area contributed by atoms with Crippen molar-refractivity contribution >= 4 is 17.5 Å². The van der Waals surface area contributed by atoms with Gasteiger partial charge in [0.05, 0.1) is 6.04 Å². The van der Waals surface area contributed by atoms with Gasteiger partial charge in [-0.3, -0.25) is 9.69 Å². The molecule has 0 unspecified atom stereocenters. The molecule has 0 amide bonds. The van der Waals surface area contributed by atoms with Gasteiger partial charge in [-0.15, -0.1) is 11.8 Å². The Balaban J connectivity index is 2.92. The molecule has 0 spiro atoms. The maximum atomic E-state index is 12.2. The summed E-state index contributed by atoms with van der Waals surface area (Å²) in [6.45, 7) is 12.7. The Morgan fingerprint density at radius 1 is 1.33 bits per heavy atom. The topological polar surface area (TPSA) is 20.3 Å². The van der Waals surface area contributed by atoms with Crippen LogP contribution in [0.25, 0.3) is 0 Å². The first kappa shape index (κ1) is 13.0. The standard InChI is InChI=1S/C12H23NOS/c1-8(2)10(14)11-12(5,6)15-7-13(11)9(3)4/h8-9,11H,7H2,1-6H3/t11-/m1/s1. The summed E-state index contributed by atoms with van der Waals surface area (Å²) in [7, 11) is 0. The second-order valence-corrected chi connectivity index (χ2v) is 7.04. The molecule has 88 valence electrons. The SMILES string of the molecule is CC(C)C(=O)[C@H]1N(C(C)C)CSC1(C)C. The van der Waals surface area contributed by atoms with Crippen LogP contribution in [0, 0.1) is 5.92 Å². The van der Waals surface area contributed by atoms with E-state index in [1.165, 1.54) is 0 Å². The number of carbonyl (C=O) groups is 1. The Hall–Kier alpha value is -0.0200. The Morgan fingerprint density at radius 2 is 1.87 bits per heavy atom. The van der Waals surface area contributed by atoms with Crippen LogP contribution in [-0.2, 0) is 4.79 Å². The summed E-state index contributed by atoms with van der Waals surface area (Å²) in [6.07, 6.45) is 0. The molecule has 0 N–H and O–H groups in total. The fraction of sp³-hybridized carbons (Fsp3) is 0.917. The van der Waals surface area contributed by atoms with Gasteiger partial charge in [-0.1, -0.05) is 13.8 Å². The molecule has 0 radical (unpaired) electrons. The van der Waals surface area contributed by atoms with E-state index in [0.29, 0.717) is 11.8 Å². The third-order valence-electron chi connectivity index (χ3n) is 3.08. The van der Waals surface area contributed by atoms with Crippen LogP contribution in [0.15, 0.2) is 0 Å². The number of rotatable bonds is 3. The van der Waals surface area contributed by atoms with Crippen molar-refractivity contribution in [3.63, 3.8) is 0 Å². The van der Waals surface area contributed by atoms with Gasteiger partial charge in [0.15, 0.2) is 5.78 Å². The van der Waals surface area contributed by atoms with Crippen LogP contribution >= 0.6 is 11.8 Å². The molecule has 1 atom stereocenters. The molecule has 1 heterocycles. The van der Waals surface area contributed by atoms with E-state index in [4.69, 9.17) is 0 Å². The Bertz CT molecular complexity index is 248. The van der Waals surface area contributed by atoms with Gasteiger partial charge in [0, 0.05) is 22.6 Å². The van der Waals surface area contributed by atoms with Gasteiger partial charge < -0.3 is 0 Å². The van der Waals surface area contributed by atoms with Gasteiger partial charge in [0.2, 0.25) is 0 Å². The zero-order valence-electron chi connectivity index (χ0n) is 10.7. The lowest BCUT2D eigenvalue weighted by Gasteiger charge is -2.33. The van der Waals surface area contributed by atoms with E-state index in [1.807, 2.05) is 25.6 Å². The van der Waals surface area contributed by atoms with Crippen molar-refractivity contribution in [2.24, 2.45) is 5.92 Å². The van der Waals surface area contributed by atoms with Crippen LogP contribution in [0.2, 0.25) is 0 Å². The van der Waals surface area contributed by atoms with E-state index < -0.39 is 0 Å². The summed E-state index contributed by atoms with van der Waals surface area (Å²) in [5, 5.41) is 0. The Kier molecular flexibility index (Phi) is 3.88. The molecular weight excluding hydrogens is 206 g/mol. The average molecular weight is 229 g/mol. The molecule has 15 heavy (non-hydrogen) atoms. The van der Waals surface area contributed by atoms with Gasteiger partial charge in [-0.25, -0.2) is 0 Å². The summed E-state index contributed by atoms with van der Waals surface area (Å²) in [6, 6.07) is 0.537. The highest BCUT2D eigenvalue weighted by Gasteiger charge is 2.46. The van der Waals surface area contributed by atoms with Gasteiger partial charge in [0.1, 0.15) is 0 Å². The first-order valence-electron chi connectivity index (χ1n) is 5.70. The van der Waals surface area contributed by atoms with E-state index in [0.717, 1.165) is 5.88 Å². The number of hydrogen-bond acceptors (Lipinski definition) is 3. The Morgan fingerprint density at radius 3 is 2.27 bits per heavy atom. The van der Waals surface area contributed by atoms with Crippen LogP contribution in [0.4, 0.5) is 0 Å². The predicted molar refractivity (Wildman–Crippen MR) is 67.1 cm³/mol. The molecule has 0 aromatic carbocycles. The van der Waals surface area contributed by atoms with Crippen LogP contribution in [0.5, 0.6) is 0 Å². The summed E-state index contributed by atoms with van der Waals surface area (Å²) in [4.78, 5) is 14.5. The van der Waals surface area contributed by atoms with Gasteiger partial charge in [-0.2, -0.15) is 0 Å². The summed E-state index contributed by atoms with van der Waals surface area (Å²) in [5.41, 5.74) is 0. The normalized spacial score (nSPS) is 26.5. The molecule has 1 fully saturated rings. The highest BCUT2D eigenvalue weighted by atomic mass is 32.2. The minimum Gasteiger partial charge on any atom is -0.298 e. The zero-order valence-corrected chi connectivity index (χ0v) is 11.5. The molecule has 1 aliphatic rings. The Labute approximate surface area is 97.8 Å². The predicted octanol–water partition coefficient (Wildman–Crippen LogP) is 2.77. The summed E-state index contributed by atoms with van der Waals surface area (Å²) in [5.74, 6) is 1.50. The molecule has 1 aliphatic heterocycles. The molecule has 1 saturated heterocycles. The number of Topliss-reactive ketones (excluding diaryl/α,β-unsaturated/α-hetero) is 1. The van der Waals surface area contributed by atoms with E-state index in [1.54, 1.807) is 0 Å². The molecule has 0 aromatic heterocycles. The fourth-order valence-corrected chi connectivity index (χ4v) is 3.40. The van der Waals surface area contributed by atoms with E-state index >= 15 is 0 Å². The van der Waals surface area contributed by atoms with Crippen molar-refractivity contribution in [1.29, 1.82) is 0 Å². The van der Waals surface area contributed by atoms with E-state index in [9.17, 15) is 4.79 Å². The monoisotopic (exact) mass is 229 g/mol. The van der Waals surface area contributed by atoms with Crippen molar-refractivity contribution in [3.05, 3.63) is 0 Å². The lowest BCUT2D eigenvalue weighted by Crippen LogP contribution is -2.50. The van der Waals surface area contributed by atoms with Crippen LogP contribution < -0.4 is 0 Å². The van der Waals surface area contributed by atoms with Crippen molar-refractivity contribution in [3.8, 4) is 0 Å². The highest BCUT2D eigenvalue weighted by molar-refractivity contribution is 8.00. The quantitative estimate of drug-likeness (QED) is 0.742. The number of nitrogens with zero attached hydrogens (tertiary/aromatic N) is 1. The summed E-state index contributed by atoms with van der Waals surface area (Å²) >= 11 is 1.89. The third-order valence-corrected chi connectivity index (χ3v) is 4.47. The lowest BCUT2D eigenvalue weighted by atomic mass is 9.90. The molecule has 0 aromatic rings. The number of thioether (sulfide) groups is 1. The van der Waals surface area contributed by atoms with Gasteiger partial charge in [0.25, 0.3) is 0 Å². The first-order valence-corrected chi connectivity index (χ1v) is 6.69. The minimum absolute atomic E-state index is 0.0611. The maximum Gasteiger partial charge on any atom is 0.153 e. The van der Waals surface area contributed by atoms with Crippen LogP contribution in [0.3, 0.4) is 0 Å². The molecule has 3 heteroatoms. The van der Waals surface area contributed by atoms with Crippen molar-refractivity contribution in [2.45, 2.75) is 58.4 Å². The first-order chi connectivity index (χ1) is 6.77. The maximum absolute atomic E-state index is 12.2. The average Bonchev–Trinajstić information content (AvgIpc) is 2.39. The number of ketones is 1. The van der Waals surface area contributed by atoms with Crippen molar-refractivity contribution in [2.75, 3.05) is 5.88 Å². The second kappa shape index (κ2) is 4.46. The van der Waals surface area contributed by atoms with Gasteiger partial charge >= 0.3 is 0 Å². The molecule has 0 aliphatic carbocycles.